The Kier molecular flexibility index (Phi) is 7.60. The standard InChI is InChI=1S/C30H36N2O11/c1-29(2)40-21-18(20(26(35)37-6)38-27(21)42-29)31-24(33)22-19(23-28(39-22)43-30(3,4)41-23)32-14-16(25(34)36-5)13-17(32)12-15-10-8-7-9-11-15/h7-11,13-14,18-23,27-28H,12H2,1-6H3,(H,31,33)/t18-,19-,20-,21+,22-,23+,27+,28+/m0/s1. The Morgan fingerprint density at radius 3 is 2.14 bits per heavy atom. The number of methoxy groups -OCH3 is 2. The maximum Gasteiger partial charge on any atom is 0.339 e. The number of ether oxygens (including phenoxy) is 8. The first-order chi connectivity index (χ1) is 20.4. The molecule has 0 unspecified atom stereocenters. The van der Waals surface area contributed by atoms with Crippen molar-refractivity contribution in [2.24, 2.45) is 0 Å². The van der Waals surface area contributed by atoms with Gasteiger partial charge in [-0.15, -0.1) is 0 Å². The minimum absolute atomic E-state index is 0.311. The zero-order chi connectivity index (χ0) is 30.7. The third-order valence-electron chi connectivity index (χ3n) is 7.97. The summed E-state index contributed by atoms with van der Waals surface area (Å²) in [6.07, 6.45) is -3.47. The smallest absolute Gasteiger partial charge is 0.339 e. The molecule has 4 fully saturated rings. The van der Waals surface area contributed by atoms with E-state index >= 15 is 0 Å². The lowest BCUT2D eigenvalue weighted by Gasteiger charge is -2.30. The summed E-state index contributed by atoms with van der Waals surface area (Å²) in [5.74, 6) is -3.73. The molecule has 43 heavy (non-hydrogen) atoms. The molecule has 6 rings (SSSR count). The van der Waals surface area contributed by atoms with Gasteiger partial charge in [0.1, 0.15) is 18.2 Å². The van der Waals surface area contributed by atoms with Gasteiger partial charge in [-0.25, -0.2) is 9.59 Å². The summed E-state index contributed by atoms with van der Waals surface area (Å²) in [4.78, 5) is 39.3. The Morgan fingerprint density at radius 2 is 1.49 bits per heavy atom. The fraction of sp³-hybridized carbons (Fsp3) is 0.567. The van der Waals surface area contributed by atoms with E-state index in [2.05, 4.69) is 5.32 Å². The van der Waals surface area contributed by atoms with Gasteiger partial charge in [-0.2, -0.15) is 0 Å². The van der Waals surface area contributed by atoms with Crippen molar-refractivity contribution in [3.8, 4) is 0 Å². The number of carbonyl (C=O) groups excluding carboxylic acids is 3. The van der Waals surface area contributed by atoms with Crippen molar-refractivity contribution in [2.75, 3.05) is 14.2 Å². The van der Waals surface area contributed by atoms with E-state index in [9.17, 15) is 14.4 Å². The van der Waals surface area contributed by atoms with Crippen molar-refractivity contribution in [2.45, 2.75) is 94.8 Å². The number of esters is 2. The van der Waals surface area contributed by atoms with Crippen molar-refractivity contribution in [3.63, 3.8) is 0 Å². The first kappa shape index (κ1) is 29.7. The van der Waals surface area contributed by atoms with Gasteiger partial charge in [0.2, 0.25) is 0 Å². The minimum atomic E-state index is -1.17. The van der Waals surface area contributed by atoms with Crippen LogP contribution in [-0.4, -0.2) is 91.2 Å². The molecule has 0 aliphatic carbocycles. The number of amides is 1. The second-order valence-electron chi connectivity index (χ2n) is 11.9. The molecule has 13 nitrogen and oxygen atoms in total. The fourth-order valence-corrected chi connectivity index (χ4v) is 6.22. The average Bonchev–Trinajstić information content (AvgIpc) is 3.73. The number of hydrogen-bond donors (Lipinski definition) is 1. The Morgan fingerprint density at radius 1 is 0.860 bits per heavy atom. The SMILES string of the molecule is COC(=O)c1cc(Cc2ccccc2)n([C@@H]2[C@H]3OC(C)(C)O[C@H]3O[C@@H]2C(=O)N[C@@H]2[C@H]3OC(C)(C)O[C@H]3O[C@@H]2C(=O)OC)c1. The van der Waals surface area contributed by atoms with Crippen LogP contribution in [0.2, 0.25) is 0 Å². The van der Waals surface area contributed by atoms with Crippen LogP contribution in [0, 0.1) is 0 Å². The van der Waals surface area contributed by atoms with E-state index in [4.69, 9.17) is 37.9 Å². The lowest BCUT2D eigenvalue weighted by atomic mass is 10.0. The van der Waals surface area contributed by atoms with E-state index in [1.165, 1.54) is 14.2 Å². The summed E-state index contributed by atoms with van der Waals surface area (Å²) in [7, 11) is 2.54. The predicted molar refractivity (Wildman–Crippen MR) is 145 cm³/mol. The monoisotopic (exact) mass is 600 g/mol. The summed E-state index contributed by atoms with van der Waals surface area (Å²) in [5, 5.41) is 2.90. The molecule has 0 spiro atoms. The van der Waals surface area contributed by atoms with Crippen molar-refractivity contribution in [1.29, 1.82) is 0 Å². The lowest BCUT2D eigenvalue weighted by molar-refractivity contribution is -0.215. The number of nitrogens with one attached hydrogen (secondary N) is 1. The Bertz CT molecular complexity index is 1390. The Labute approximate surface area is 248 Å². The molecule has 1 aromatic carbocycles. The average molecular weight is 601 g/mol. The van der Waals surface area contributed by atoms with Crippen LogP contribution in [0.1, 0.15) is 55.4 Å². The van der Waals surface area contributed by atoms with Crippen LogP contribution in [0.5, 0.6) is 0 Å². The Balaban J connectivity index is 1.35. The van der Waals surface area contributed by atoms with Gasteiger partial charge >= 0.3 is 11.9 Å². The first-order valence-corrected chi connectivity index (χ1v) is 14.1. The van der Waals surface area contributed by atoms with Gasteiger partial charge in [-0.3, -0.25) is 4.79 Å². The van der Waals surface area contributed by atoms with Gasteiger partial charge in [0.15, 0.2) is 36.4 Å². The van der Waals surface area contributed by atoms with Crippen LogP contribution < -0.4 is 5.32 Å². The highest BCUT2D eigenvalue weighted by atomic mass is 16.8. The molecule has 4 aliphatic rings. The number of rotatable bonds is 7. The number of nitrogens with zero attached hydrogens (tertiary/aromatic N) is 1. The minimum Gasteiger partial charge on any atom is -0.467 e. The number of aromatic nitrogens is 1. The zero-order valence-electron chi connectivity index (χ0n) is 24.8. The molecule has 8 atom stereocenters. The largest absolute Gasteiger partial charge is 0.467 e. The third-order valence-corrected chi connectivity index (χ3v) is 7.97. The number of benzene rings is 1. The summed E-state index contributed by atoms with van der Waals surface area (Å²) in [6, 6.07) is 9.76. The zero-order valence-corrected chi connectivity index (χ0v) is 24.8. The van der Waals surface area contributed by atoms with Crippen LogP contribution in [0.15, 0.2) is 42.6 Å². The molecule has 1 aromatic heterocycles. The van der Waals surface area contributed by atoms with Gasteiger partial charge in [-0.1, -0.05) is 30.3 Å². The van der Waals surface area contributed by atoms with E-state index < -0.39 is 78.5 Å². The summed E-state index contributed by atoms with van der Waals surface area (Å²) in [6.45, 7) is 6.95. The van der Waals surface area contributed by atoms with Crippen LogP contribution in [0.4, 0.5) is 0 Å². The van der Waals surface area contributed by atoms with Gasteiger partial charge in [-0.05, 0) is 39.3 Å². The van der Waals surface area contributed by atoms with Gasteiger partial charge in [0.25, 0.3) is 5.91 Å². The molecule has 2 aromatic rings. The van der Waals surface area contributed by atoms with Crippen LogP contribution >= 0.6 is 0 Å². The highest BCUT2D eigenvalue weighted by Crippen LogP contribution is 2.45. The molecule has 13 heteroatoms. The molecule has 1 amide bonds. The van der Waals surface area contributed by atoms with E-state index in [0.717, 1.165) is 11.3 Å². The van der Waals surface area contributed by atoms with Crippen molar-refractivity contribution in [1.82, 2.24) is 9.88 Å². The summed E-state index contributed by atoms with van der Waals surface area (Å²) < 4.78 is 47.8. The first-order valence-electron chi connectivity index (χ1n) is 14.1. The molecule has 0 bridgehead atoms. The van der Waals surface area contributed by atoms with Crippen LogP contribution in [-0.2, 0) is 53.9 Å². The van der Waals surface area contributed by atoms with Crippen molar-refractivity contribution >= 4 is 17.8 Å². The maximum atomic E-state index is 14.1. The second-order valence-corrected chi connectivity index (χ2v) is 11.9. The second kappa shape index (κ2) is 11.0. The van der Waals surface area contributed by atoms with Gasteiger partial charge in [0.05, 0.1) is 25.8 Å². The molecule has 232 valence electrons. The molecule has 5 heterocycles. The maximum absolute atomic E-state index is 14.1. The number of hydrogen-bond acceptors (Lipinski definition) is 11. The number of carbonyl (C=O) groups is 3. The van der Waals surface area contributed by atoms with Gasteiger partial charge in [0, 0.05) is 18.3 Å². The quantitative estimate of drug-likeness (QED) is 0.465. The van der Waals surface area contributed by atoms with E-state index in [1.54, 1.807) is 40.0 Å². The summed E-state index contributed by atoms with van der Waals surface area (Å²) in [5.41, 5.74) is 2.04. The molecular weight excluding hydrogens is 564 g/mol. The molecule has 1 N–H and O–H groups in total. The topological polar surface area (TPSA) is 142 Å². The van der Waals surface area contributed by atoms with Crippen molar-refractivity contribution in [3.05, 3.63) is 59.4 Å². The molecule has 0 saturated carbocycles. The third kappa shape index (κ3) is 5.56. The van der Waals surface area contributed by atoms with E-state index in [0.29, 0.717) is 12.0 Å². The normalized spacial score (nSPS) is 33.5. The van der Waals surface area contributed by atoms with Crippen molar-refractivity contribution < 1.29 is 52.3 Å². The van der Waals surface area contributed by atoms with E-state index in [1.807, 2.05) is 34.9 Å². The lowest BCUT2D eigenvalue weighted by Crippen LogP contribution is -2.54. The molecule has 0 radical (unpaired) electrons. The fourth-order valence-electron chi connectivity index (χ4n) is 6.22. The molecule has 4 aliphatic heterocycles. The van der Waals surface area contributed by atoms with Crippen LogP contribution in [0.3, 0.4) is 0 Å². The Hall–Kier alpha value is -3.33. The van der Waals surface area contributed by atoms with Gasteiger partial charge < -0.3 is 47.8 Å². The molecule has 4 saturated heterocycles. The highest BCUT2D eigenvalue weighted by Gasteiger charge is 2.61. The summed E-state index contributed by atoms with van der Waals surface area (Å²) >= 11 is 0. The van der Waals surface area contributed by atoms with E-state index in [-0.39, 0.29) is 0 Å². The highest BCUT2D eigenvalue weighted by molar-refractivity contribution is 5.89. The predicted octanol–water partition coefficient (Wildman–Crippen LogP) is 1.82. The van der Waals surface area contributed by atoms with Crippen LogP contribution in [0.25, 0.3) is 0 Å². The molecular formula is C30H36N2O11. The number of fused-ring (bicyclic) bond motifs is 2.